The van der Waals surface area contributed by atoms with Gasteiger partial charge in [0.1, 0.15) is 0 Å². The molecule has 0 aliphatic heterocycles. The van der Waals surface area contributed by atoms with Gasteiger partial charge in [0.15, 0.2) is 0 Å². The van der Waals surface area contributed by atoms with Gasteiger partial charge in [0, 0.05) is 12.8 Å². The zero-order chi connectivity index (χ0) is 59.2. The van der Waals surface area contributed by atoms with Crippen molar-refractivity contribution in [2.75, 3.05) is 13.2 Å². The summed E-state index contributed by atoms with van der Waals surface area (Å²) in [4.78, 5) is 24.7. The first kappa shape index (κ1) is 80.6. The summed E-state index contributed by atoms with van der Waals surface area (Å²) in [6.45, 7) is 5.01. The predicted molar refractivity (Wildman–Crippen MR) is 361 cm³/mol. The normalized spacial score (nSPS) is 12.5. The van der Waals surface area contributed by atoms with Crippen LogP contribution in [0.4, 0.5) is 0 Å². The molecule has 0 spiro atoms. The summed E-state index contributed by atoms with van der Waals surface area (Å²) >= 11 is 0. The first-order chi connectivity index (χ1) is 40.5. The van der Waals surface area contributed by atoms with Gasteiger partial charge in [-0.15, -0.1) is 0 Å². The summed E-state index contributed by atoms with van der Waals surface area (Å²) < 4.78 is 5.51. The van der Waals surface area contributed by atoms with Gasteiger partial charge in [-0.1, -0.05) is 386 Å². The van der Waals surface area contributed by atoms with Gasteiger partial charge in [-0.3, -0.25) is 9.59 Å². The second-order valence-corrected chi connectivity index (χ2v) is 26.3. The molecule has 3 N–H and O–H groups in total. The Labute approximate surface area is 514 Å². The molecule has 0 aromatic carbocycles. The number of carbonyl (C=O) groups is 2. The lowest BCUT2D eigenvalue weighted by atomic mass is 10.0. The van der Waals surface area contributed by atoms with E-state index in [1.54, 1.807) is 0 Å². The highest BCUT2D eigenvalue weighted by atomic mass is 16.5. The summed E-state index contributed by atoms with van der Waals surface area (Å²) in [7, 11) is 0. The molecule has 0 heterocycles. The van der Waals surface area contributed by atoms with Gasteiger partial charge in [0.2, 0.25) is 5.91 Å². The molecule has 0 rings (SSSR count). The van der Waals surface area contributed by atoms with Crippen molar-refractivity contribution < 1.29 is 24.5 Å². The molecule has 0 aliphatic rings. The fourth-order valence-corrected chi connectivity index (χ4v) is 12.3. The van der Waals surface area contributed by atoms with E-state index in [9.17, 15) is 19.8 Å². The first-order valence-electron chi connectivity index (χ1n) is 37.9. The van der Waals surface area contributed by atoms with E-state index < -0.39 is 12.1 Å². The number of allylic oxidation sites excluding steroid dienone is 2. The van der Waals surface area contributed by atoms with Gasteiger partial charge in [0.05, 0.1) is 25.4 Å². The minimum absolute atomic E-state index is 0.0174. The molecule has 6 nitrogen and oxygen atoms in total. The average molecular weight is 1160 g/mol. The molecule has 2 atom stereocenters. The zero-order valence-electron chi connectivity index (χ0n) is 56.0. The van der Waals surface area contributed by atoms with Crippen molar-refractivity contribution in [3.63, 3.8) is 0 Å². The summed E-state index contributed by atoms with van der Waals surface area (Å²) in [5.74, 6) is -0.0182. The number of hydrogen-bond donors (Lipinski definition) is 3. The molecule has 488 valence electrons. The fraction of sp³-hybridized carbons (Fsp3) is 0.947. The molecular weight excluding hydrogens is 1010 g/mol. The standard InChI is InChI=1S/C76H149NO5/c1-3-5-7-9-11-13-15-17-19-21-23-24-25-27-30-33-36-40-44-48-52-56-60-64-68-74(79)73(72-78)77-75(80)69-65-61-57-53-49-45-41-37-34-31-28-26-29-32-35-39-43-47-51-55-59-63-67-71-82-76(81)70-66-62-58-54-50-46-42-38-22-20-18-16-14-12-10-8-6-4-2/h31,34,73-74,78-79H,3-30,32-33,35-72H2,1-2H3,(H,77,80)/b34-31-. The van der Waals surface area contributed by atoms with Crippen LogP contribution in [0.25, 0.3) is 0 Å². The monoisotopic (exact) mass is 1160 g/mol. The average Bonchev–Trinajstić information content (AvgIpc) is 3.48. The predicted octanol–water partition coefficient (Wildman–Crippen LogP) is 24.7. The van der Waals surface area contributed by atoms with Crippen LogP contribution < -0.4 is 5.32 Å². The Balaban J connectivity index is 3.38. The lowest BCUT2D eigenvalue weighted by Gasteiger charge is -2.22. The van der Waals surface area contributed by atoms with Crippen LogP contribution in [-0.2, 0) is 14.3 Å². The second-order valence-electron chi connectivity index (χ2n) is 26.3. The molecule has 0 aliphatic carbocycles. The maximum absolute atomic E-state index is 12.6. The van der Waals surface area contributed by atoms with Crippen LogP contribution in [0, 0.1) is 0 Å². The molecule has 82 heavy (non-hydrogen) atoms. The van der Waals surface area contributed by atoms with Crippen LogP contribution in [0.1, 0.15) is 438 Å². The first-order valence-corrected chi connectivity index (χ1v) is 37.9. The summed E-state index contributed by atoms with van der Waals surface area (Å²) in [6.07, 6.45) is 89.9. The van der Waals surface area contributed by atoms with Crippen molar-refractivity contribution in [1.82, 2.24) is 5.32 Å². The van der Waals surface area contributed by atoms with E-state index in [1.165, 1.54) is 366 Å². The number of esters is 1. The molecule has 0 saturated carbocycles. The van der Waals surface area contributed by atoms with Crippen LogP contribution in [0.15, 0.2) is 12.2 Å². The maximum atomic E-state index is 12.6. The summed E-state index contributed by atoms with van der Waals surface area (Å²) in [6, 6.07) is -0.547. The van der Waals surface area contributed by atoms with Gasteiger partial charge in [-0.2, -0.15) is 0 Å². The van der Waals surface area contributed by atoms with Gasteiger partial charge < -0.3 is 20.3 Å². The number of aliphatic hydroxyl groups is 2. The van der Waals surface area contributed by atoms with Crippen LogP contribution in [0.5, 0.6) is 0 Å². The largest absolute Gasteiger partial charge is 0.466 e. The summed E-state index contributed by atoms with van der Waals surface area (Å²) in [5, 5.41) is 23.5. The highest BCUT2D eigenvalue weighted by Crippen LogP contribution is 2.20. The SMILES string of the molecule is CCCCCCCCCCCCCCCCCCCCCCCCCCC(O)C(CO)NC(=O)CCCCCCCCC/C=C\CCCCCCCCCCCCCCOC(=O)CCCCCCCCCCCCCCCCCCCC. The molecule has 2 unspecified atom stereocenters. The third kappa shape index (κ3) is 67.7. The van der Waals surface area contributed by atoms with E-state index in [1.807, 2.05) is 0 Å². The Hall–Kier alpha value is -1.40. The van der Waals surface area contributed by atoms with E-state index >= 15 is 0 Å². The zero-order valence-corrected chi connectivity index (χ0v) is 56.0. The number of ether oxygens (including phenoxy) is 1. The number of unbranched alkanes of at least 4 members (excludes halogenated alkanes) is 59. The number of rotatable bonds is 72. The number of carbonyl (C=O) groups excluding carboxylic acids is 2. The molecular formula is C76H149NO5. The molecule has 0 radical (unpaired) electrons. The molecule has 0 fully saturated rings. The van der Waals surface area contributed by atoms with Gasteiger partial charge in [0.25, 0.3) is 0 Å². The van der Waals surface area contributed by atoms with Crippen molar-refractivity contribution in [2.45, 2.75) is 450 Å². The van der Waals surface area contributed by atoms with Crippen molar-refractivity contribution in [1.29, 1.82) is 0 Å². The van der Waals surface area contributed by atoms with E-state index in [4.69, 9.17) is 4.74 Å². The topological polar surface area (TPSA) is 95.9 Å². The van der Waals surface area contributed by atoms with Crippen molar-refractivity contribution >= 4 is 11.9 Å². The molecule has 0 saturated heterocycles. The molecule has 1 amide bonds. The van der Waals surface area contributed by atoms with Crippen molar-refractivity contribution in [3.8, 4) is 0 Å². The Kier molecular flexibility index (Phi) is 70.8. The second kappa shape index (κ2) is 72.1. The lowest BCUT2D eigenvalue weighted by Crippen LogP contribution is -2.45. The van der Waals surface area contributed by atoms with Gasteiger partial charge in [-0.05, 0) is 51.4 Å². The number of amides is 1. The Morgan fingerprint density at radius 1 is 0.329 bits per heavy atom. The van der Waals surface area contributed by atoms with Gasteiger partial charge in [-0.25, -0.2) is 0 Å². The Morgan fingerprint density at radius 3 is 0.866 bits per heavy atom. The number of nitrogens with one attached hydrogen (secondary N) is 1. The molecule has 0 aromatic heterocycles. The quantitative estimate of drug-likeness (QED) is 0.0320. The highest BCUT2D eigenvalue weighted by Gasteiger charge is 2.20. The highest BCUT2D eigenvalue weighted by molar-refractivity contribution is 5.76. The van der Waals surface area contributed by atoms with Crippen LogP contribution in [0.2, 0.25) is 0 Å². The Morgan fingerprint density at radius 2 is 0.573 bits per heavy atom. The van der Waals surface area contributed by atoms with Crippen LogP contribution >= 0.6 is 0 Å². The van der Waals surface area contributed by atoms with Crippen molar-refractivity contribution in [3.05, 3.63) is 12.2 Å². The maximum Gasteiger partial charge on any atom is 0.305 e. The Bertz CT molecular complexity index is 1240. The number of hydrogen-bond acceptors (Lipinski definition) is 5. The van der Waals surface area contributed by atoms with Crippen molar-refractivity contribution in [2.24, 2.45) is 0 Å². The van der Waals surface area contributed by atoms with Crippen LogP contribution in [-0.4, -0.2) is 47.4 Å². The third-order valence-electron chi connectivity index (χ3n) is 18.1. The van der Waals surface area contributed by atoms with E-state index in [-0.39, 0.29) is 18.5 Å². The molecule has 0 bridgehead atoms. The number of aliphatic hydroxyl groups excluding tert-OH is 2. The molecule has 0 aromatic rings. The minimum Gasteiger partial charge on any atom is -0.466 e. The minimum atomic E-state index is -0.669. The lowest BCUT2D eigenvalue weighted by molar-refractivity contribution is -0.143. The molecule has 6 heteroatoms. The summed E-state index contributed by atoms with van der Waals surface area (Å²) in [5.41, 5.74) is 0. The van der Waals surface area contributed by atoms with Gasteiger partial charge >= 0.3 is 5.97 Å². The smallest absolute Gasteiger partial charge is 0.305 e. The van der Waals surface area contributed by atoms with E-state index in [0.717, 1.165) is 38.5 Å². The van der Waals surface area contributed by atoms with E-state index in [2.05, 4.69) is 31.3 Å². The third-order valence-corrected chi connectivity index (χ3v) is 18.1. The van der Waals surface area contributed by atoms with E-state index in [0.29, 0.717) is 25.9 Å². The fourth-order valence-electron chi connectivity index (χ4n) is 12.3. The van der Waals surface area contributed by atoms with Crippen LogP contribution in [0.3, 0.4) is 0 Å².